The van der Waals surface area contributed by atoms with Gasteiger partial charge in [-0.2, -0.15) is 0 Å². The number of esters is 1. The molecule has 1 heterocycles. The van der Waals surface area contributed by atoms with E-state index < -0.39 is 5.97 Å². The van der Waals surface area contributed by atoms with Crippen molar-refractivity contribution in [3.8, 4) is 17.1 Å². The molecule has 0 fully saturated rings. The fraction of sp³-hybridized carbons (Fsp3) is 0.241. The van der Waals surface area contributed by atoms with Crippen LogP contribution in [-0.4, -0.2) is 13.1 Å². The number of hydrogen-bond donors (Lipinski definition) is 0. The molecule has 3 aromatic carbocycles. The third kappa shape index (κ3) is 5.10. The van der Waals surface area contributed by atoms with Crippen molar-refractivity contribution in [3.63, 3.8) is 0 Å². The molecule has 0 bridgehead atoms. The number of rotatable bonds is 5. The summed E-state index contributed by atoms with van der Waals surface area (Å²) in [6, 6.07) is 18.1. The summed E-state index contributed by atoms with van der Waals surface area (Å²) in [5.74, 6) is 0.0506. The van der Waals surface area contributed by atoms with Crippen LogP contribution < -0.4 is 10.2 Å². The highest BCUT2D eigenvalue weighted by Gasteiger charge is 2.20. The van der Waals surface area contributed by atoms with Gasteiger partial charge in [0.2, 0.25) is 11.2 Å². The number of aryl methyl sites for hydroxylation is 1. The molecule has 0 spiro atoms. The van der Waals surface area contributed by atoms with Crippen molar-refractivity contribution in [2.45, 2.75) is 39.7 Å². The molecular formula is C29H27ClO5. The van der Waals surface area contributed by atoms with Gasteiger partial charge in [-0.3, -0.25) is 4.79 Å². The molecule has 0 radical (unpaired) electrons. The van der Waals surface area contributed by atoms with E-state index in [4.69, 9.17) is 25.5 Å². The van der Waals surface area contributed by atoms with Crippen LogP contribution in [0.3, 0.4) is 0 Å². The minimum Gasteiger partial charge on any atom is -0.481 e. The number of methoxy groups -OCH3 is 1. The Balaban J connectivity index is 1.78. The predicted molar refractivity (Wildman–Crippen MR) is 138 cm³/mol. The summed E-state index contributed by atoms with van der Waals surface area (Å²) in [5.41, 5.74) is 4.08. The van der Waals surface area contributed by atoms with Crippen LogP contribution >= 0.6 is 11.6 Å². The number of carbonyl (C=O) groups is 1. The van der Waals surface area contributed by atoms with Crippen LogP contribution in [0.25, 0.3) is 22.3 Å². The monoisotopic (exact) mass is 490 g/mol. The average Bonchev–Trinajstić information content (AvgIpc) is 2.84. The Labute approximate surface area is 209 Å². The van der Waals surface area contributed by atoms with Crippen molar-refractivity contribution in [2.24, 2.45) is 0 Å². The molecule has 1 aromatic heterocycles. The van der Waals surface area contributed by atoms with Crippen LogP contribution in [0.4, 0.5) is 0 Å². The molecule has 180 valence electrons. The van der Waals surface area contributed by atoms with E-state index >= 15 is 0 Å². The maximum atomic E-state index is 13.5. The van der Waals surface area contributed by atoms with Crippen molar-refractivity contribution in [3.05, 3.63) is 98.2 Å². The van der Waals surface area contributed by atoms with Gasteiger partial charge in [0.05, 0.1) is 18.1 Å². The second kappa shape index (κ2) is 9.59. The molecule has 5 nitrogen and oxygen atoms in total. The molecule has 0 N–H and O–H groups in total. The molecule has 0 aliphatic heterocycles. The van der Waals surface area contributed by atoms with Crippen LogP contribution in [0.5, 0.6) is 5.75 Å². The van der Waals surface area contributed by atoms with Crippen molar-refractivity contribution in [1.29, 1.82) is 0 Å². The first-order chi connectivity index (χ1) is 16.6. The van der Waals surface area contributed by atoms with E-state index in [1.54, 1.807) is 36.4 Å². The van der Waals surface area contributed by atoms with Crippen LogP contribution in [0, 0.1) is 6.92 Å². The number of halogens is 1. The lowest BCUT2D eigenvalue weighted by Gasteiger charge is -2.19. The summed E-state index contributed by atoms with van der Waals surface area (Å²) in [6.07, 6.45) is 0. The molecule has 35 heavy (non-hydrogen) atoms. The summed E-state index contributed by atoms with van der Waals surface area (Å²) in [4.78, 5) is 25.2. The van der Waals surface area contributed by atoms with Gasteiger partial charge in [0.15, 0.2) is 5.76 Å². The highest BCUT2D eigenvalue weighted by atomic mass is 35.5. The van der Waals surface area contributed by atoms with Crippen LogP contribution in [0.2, 0.25) is 5.02 Å². The lowest BCUT2D eigenvalue weighted by molar-refractivity contribution is 0.0600. The summed E-state index contributed by atoms with van der Waals surface area (Å²) in [5, 5.41) is 0.836. The van der Waals surface area contributed by atoms with Crippen molar-refractivity contribution in [2.75, 3.05) is 7.11 Å². The number of benzene rings is 3. The minimum atomic E-state index is -0.416. The topological polar surface area (TPSA) is 65.7 Å². The molecule has 0 saturated carbocycles. The number of ether oxygens (including phenoxy) is 2. The average molecular weight is 491 g/mol. The van der Waals surface area contributed by atoms with Crippen molar-refractivity contribution >= 4 is 28.5 Å². The van der Waals surface area contributed by atoms with Gasteiger partial charge in [-0.1, -0.05) is 68.8 Å². The molecule has 4 aromatic rings. The molecule has 0 amide bonds. The third-order valence-corrected chi connectivity index (χ3v) is 6.31. The summed E-state index contributed by atoms with van der Waals surface area (Å²) < 4.78 is 17.0. The van der Waals surface area contributed by atoms with E-state index in [-0.39, 0.29) is 23.2 Å². The molecule has 4 rings (SSSR count). The van der Waals surface area contributed by atoms with E-state index in [2.05, 4.69) is 20.8 Å². The first-order valence-electron chi connectivity index (χ1n) is 11.3. The Morgan fingerprint density at radius 1 is 1.00 bits per heavy atom. The highest BCUT2D eigenvalue weighted by Crippen LogP contribution is 2.34. The van der Waals surface area contributed by atoms with E-state index in [1.807, 2.05) is 31.2 Å². The lowest BCUT2D eigenvalue weighted by Crippen LogP contribution is -2.12. The van der Waals surface area contributed by atoms with Crippen molar-refractivity contribution < 1.29 is 18.7 Å². The first kappa shape index (κ1) is 24.6. The van der Waals surface area contributed by atoms with Gasteiger partial charge in [-0.25, -0.2) is 4.79 Å². The Hall–Kier alpha value is -3.57. The quantitative estimate of drug-likeness (QED) is 0.279. The summed E-state index contributed by atoms with van der Waals surface area (Å²) in [7, 11) is 1.33. The molecule has 0 saturated heterocycles. The van der Waals surface area contributed by atoms with Crippen molar-refractivity contribution in [1.82, 2.24) is 0 Å². The van der Waals surface area contributed by atoms with Gasteiger partial charge in [0.1, 0.15) is 12.2 Å². The normalized spacial score (nSPS) is 11.5. The number of hydrogen-bond acceptors (Lipinski definition) is 5. The Kier molecular flexibility index (Phi) is 6.73. The third-order valence-electron chi connectivity index (χ3n) is 5.90. The molecule has 0 atom stereocenters. The summed E-state index contributed by atoms with van der Waals surface area (Å²) in [6.45, 7) is 8.41. The second-order valence-electron chi connectivity index (χ2n) is 9.49. The maximum Gasteiger partial charge on any atom is 0.337 e. The zero-order valence-corrected chi connectivity index (χ0v) is 21.2. The fourth-order valence-electron chi connectivity index (χ4n) is 3.75. The highest BCUT2D eigenvalue weighted by molar-refractivity contribution is 6.32. The lowest BCUT2D eigenvalue weighted by atomic mass is 9.86. The molecule has 6 heteroatoms. The van der Waals surface area contributed by atoms with Gasteiger partial charge in [-0.05, 0) is 53.3 Å². The largest absolute Gasteiger partial charge is 0.481 e. The first-order valence-corrected chi connectivity index (χ1v) is 11.6. The van der Waals surface area contributed by atoms with Crippen LogP contribution in [-0.2, 0) is 16.8 Å². The fourth-order valence-corrected chi connectivity index (χ4v) is 3.92. The standard InChI is InChI=1S/C29H27ClO5/c1-17-14-24-22(15-23(17)30)25(31)27(34-16-18-6-8-20(9-7-18)28(32)33-5)26(35-24)19-10-12-21(13-11-19)29(2,3)4/h6-15H,16H2,1-5H3. The van der Waals surface area contributed by atoms with Gasteiger partial charge in [0.25, 0.3) is 0 Å². The van der Waals surface area contributed by atoms with Crippen LogP contribution in [0.1, 0.15) is 47.8 Å². The predicted octanol–water partition coefficient (Wildman–Crippen LogP) is 7.08. The smallest absolute Gasteiger partial charge is 0.337 e. The number of carbonyl (C=O) groups excluding carboxylic acids is 1. The SMILES string of the molecule is COC(=O)c1ccc(COc2c(-c3ccc(C(C)(C)C)cc3)oc3cc(C)c(Cl)cc3c2=O)cc1. The van der Waals surface area contributed by atoms with Gasteiger partial charge in [-0.15, -0.1) is 0 Å². The molecule has 0 unspecified atom stereocenters. The molecule has 0 aliphatic rings. The van der Waals surface area contributed by atoms with Crippen LogP contribution in [0.15, 0.2) is 69.9 Å². The second-order valence-corrected chi connectivity index (χ2v) is 9.90. The Morgan fingerprint density at radius 2 is 1.66 bits per heavy atom. The zero-order chi connectivity index (χ0) is 25.3. The van der Waals surface area contributed by atoms with Gasteiger partial charge in [0, 0.05) is 10.6 Å². The van der Waals surface area contributed by atoms with Gasteiger partial charge < -0.3 is 13.9 Å². The minimum absolute atomic E-state index is 0.00763. The van der Waals surface area contributed by atoms with E-state index in [0.717, 1.165) is 16.7 Å². The Bertz CT molecular complexity index is 1440. The molecule has 0 aliphatic carbocycles. The summed E-state index contributed by atoms with van der Waals surface area (Å²) >= 11 is 6.29. The van der Waals surface area contributed by atoms with E-state index in [1.165, 1.54) is 12.7 Å². The van der Waals surface area contributed by atoms with Gasteiger partial charge >= 0.3 is 5.97 Å². The Morgan fingerprint density at radius 3 is 2.26 bits per heavy atom. The van der Waals surface area contributed by atoms with E-state index in [9.17, 15) is 9.59 Å². The zero-order valence-electron chi connectivity index (χ0n) is 20.4. The van der Waals surface area contributed by atoms with E-state index in [0.29, 0.717) is 27.3 Å². The number of fused-ring (bicyclic) bond motifs is 1. The molecular weight excluding hydrogens is 464 g/mol. The maximum absolute atomic E-state index is 13.5.